The van der Waals surface area contributed by atoms with Crippen LogP contribution in [0.5, 0.6) is 0 Å². The van der Waals surface area contributed by atoms with Gasteiger partial charge in [0.2, 0.25) is 5.95 Å². The Kier molecular flexibility index (Phi) is 9.36. The van der Waals surface area contributed by atoms with E-state index in [0.717, 1.165) is 37.1 Å². The van der Waals surface area contributed by atoms with Crippen molar-refractivity contribution in [3.8, 4) is 0 Å². The van der Waals surface area contributed by atoms with Gasteiger partial charge in [0.1, 0.15) is 23.4 Å². The monoisotopic (exact) mass is 594 g/mol. The van der Waals surface area contributed by atoms with E-state index in [1.165, 1.54) is 0 Å². The predicted molar refractivity (Wildman–Crippen MR) is 163 cm³/mol. The first kappa shape index (κ1) is 30.6. The molecule has 0 unspecified atom stereocenters. The Morgan fingerprint density at radius 2 is 1.93 bits per heavy atom. The molecule has 5 rings (SSSR count). The van der Waals surface area contributed by atoms with Crippen LogP contribution >= 0.6 is 0 Å². The van der Waals surface area contributed by atoms with Gasteiger partial charge in [-0.3, -0.25) is 9.69 Å². The normalized spacial score (nSPS) is 18.0. The predicted octanol–water partition coefficient (Wildman–Crippen LogP) is 3.06. The van der Waals surface area contributed by atoms with Crippen LogP contribution in [0.15, 0.2) is 35.1 Å². The number of aryl methyl sites for hydroxylation is 1. The molecule has 0 saturated carbocycles. The number of rotatable bonds is 8. The average molecular weight is 595 g/mol. The van der Waals surface area contributed by atoms with E-state index in [9.17, 15) is 14.4 Å². The van der Waals surface area contributed by atoms with Crippen LogP contribution in [-0.4, -0.2) is 95.7 Å². The lowest BCUT2D eigenvalue weighted by molar-refractivity contribution is 0.0193. The quantitative estimate of drug-likeness (QED) is 0.378. The van der Waals surface area contributed by atoms with Crippen molar-refractivity contribution in [2.24, 2.45) is 0 Å². The molecule has 0 radical (unpaired) electrons. The molecule has 2 N–H and O–H groups in total. The molecule has 2 aliphatic heterocycles. The number of hydrogen-bond donors (Lipinski definition) is 2. The fourth-order valence-electron chi connectivity index (χ4n) is 5.53. The Morgan fingerprint density at radius 1 is 1.16 bits per heavy atom. The van der Waals surface area contributed by atoms with Crippen molar-refractivity contribution in [1.29, 1.82) is 0 Å². The molecule has 12 nitrogen and oxygen atoms in total. The highest BCUT2D eigenvalue weighted by Crippen LogP contribution is 2.26. The molecule has 0 bridgehead atoms. The van der Waals surface area contributed by atoms with E-state index >= 15 is 0 Å². The maximum atomic E-state index is 13.5. The summed E-state index contributed by atoms with van der Waals surface area (Å²) in [6.07, 6.45) is 1.17. The van der Waals surface area contributed by atoms with Crippen LogP contribution in [0.4, 0.5) is 10.7 Å². The second-order valence-electron chi connectivity index (χ2n) is 12.2. The number of nitrogens with one attached hydrogen (secondary N) is 2. The zero-order chi connectivity index (χ0) is 30.6. The van der Waals surface area contributed by atoms with E-state index in [1.807, 2.05) is 56.5 Å². The first-order chi connectivity index (χ1) is 20.6. The largest absolute Gasteiger partial charge is 0.460 e. The van der Waals surface area contributed by atoms with E-state index < -0.39 is 23.2 Å². The number of piperidine rings is 1. The number of nitrogens with zero attached hydrogens (tertiary/aromatic N) is 4. The van der Waals surface area contributed by atoms with E-state index in [2.05, 4.69) is 20.1 Å². The highest BCUT2D eigenvalue weighted by atomic mass is 16.6. The number of carbonyl (C=O) groups excluding carboxylic acids is 2. The minimum absolute atomic E-state index is 0.0645. The van der Waals surface area contributed by atoms with E-state index in [-0.39, 0.29) is 18.3 Å². The van der Waals surface area contributed by atoms with E-state index in [4.69, 9.17) is 19.2 Å². The summed E-state index contributed by atoms with van der Waals surface area (Å²) in [6.45, 7) is 12.9. The minimum atomic E-state index is -0.595. The van der Waals surface area contributed by atoms with Gasteiger partial charge in [-0.05, 0) is 57.7 Å². The average Bonchev–Trinajstić information content (AvgIpc) is 3.32. The summed E-state index contributed by atoms with van der Waals surface area (Å²) in [4.78, 5) is 50.8. The summed E-state index contributed by atoms with van der Waals surface area (Å²) < 4.78 is 18.2. The lowest BCUT2D eigenvalue weighted by atomic mass is 10.1. The summed E-state index contributed by atoms with van der Waals surface area (Å²) in [5, 5.41) is 2.99. The van der Waals surface area contributed by atoms with Crippen LogP contribution in [0.25, 0.3) is 11.0 Å². The fourth-order valence-corrected chi connectivity index (χ4v) is 5.53. The lowest BCUT2D eigenvalue weighted by Crippen LogP contribution is -2.49. The van der Waals surface area contributed by atoms with Crippen LogP contribution in [0.1, 0.15) is 55.2 Å². The Balaban J connectivity index is 1.41. The maximum absolute atomic E-state index is 13.5. The van der Waals surface area contributed by atoms with Crippen molar-refractivity contribution in [1.82, 2.24) is 24.8 Å². The van der Waals surface area contributed by atoms with Gasteiger partial charge in [0.05, 0.1) is 25.3 Å². The Hall–Kier alpha value is -3.90. The van der Waals surface area contributed by atoms with Gasteiger partial charge < -0.3 is 34.0 Å². The number of benzene rings is 1. The van der Waals surface area contributed by atoms with Crippen LogP contribution in [0.2, 0.25) is 0 Å². The summed E-state index contributed by atoms with van der Waals surface area (Å²) >= 11 is 0. The van der Waals surface area contributed by atoms with Crippen LogP contribution in [-0.2, 0) is 20.8 Å². The third-order valence-corrected chi connectivity index (χ3v) is 7.70. The molecule has 1 amide bonds. The van der Waals surface area contributed by atoms with E-state index in [0.29, 0.717) is 56.4 Å². The molecular weight excluding hydrogens is 552 g/mol. The molecule has 232 valence electrons. The number of imidazole rings is 1. The van der Waals surface area contributed by atoms with Crippen molar-refractivity contribution in [2.45, 2.75) is 58.7 Å². The maximum Gasteiger partial charge on any atom is 0.407 e. The number of alkyl carbamates (subject to hydrolysis) is 1. The fraction of sp³-hybridized carbons (Fsp3) is 0.548. The number of H-pyrrole nitrogens is 1. The number of aromatic amines is 1. The highest BCUT2D eigenvalue weighted by Gasteiger charge is 2.28. The molecule has 2 aromatic heterocycles. The Bertz CT molecular complexity index is 1500. The molecule has 1 aromatic carbocycles. The van der Waals surface area contributed by atoms with Gasteiger partial charge >= 0.3 is 12.1 Å². The topological polar surface area (TPSA) is 131 Å². The van der Waals surface area contributed by atoms with Crippen molar-refractivity contribution in [2.75, 3.05) is 57.4 Å². The number of hydrogen-bond acceptors (Lipinski definition) is 9. The molecule has 2 fully saturated rings. The minimum Gasteiger partial charge on any atom is -0.460 e. The van der Waals surface area contributed by atoms with Crippen molar-refractivity contribution < 1.29 is 23.8 Å². The number of ether oxygens (including phenoxy) is 3. The zero-order valence-electron chi connectivity index (χ0n) is 25.5. The number of fused-ring (bicyclic) bond motifs is 1. The van der Waals surface area contributed by atoms with E-state index in [1.54, 1.807) is 6.07 Å². The smallest absolute Gasteiger partial charge is 0.407 e. The van der Waals surface area contributed by atoms with Crippen LogP contribution in [0, 0.1) is 6.92 Å². The molecule has 4 heterocycles. The van der Waals surface area contributed by atoms with Gasteiger partial charge in [-0.1, -0.05) is 24.3 Å². The second-order valence-corrected chi connectivity index (χ2v) is 12.2. The number of anilines is 1. The lowest BCUT2D eigenvalue weighted by Gasteiger charge is -2.34. The number of carbonyl (C=O) groups is 2. The summed E-state index contributed by atoms with van der Waals surface area (Å²) in [5.41, 5.74) is 1.99. The summed E-state index contributed by atoms with van der Waals surface area (Å²) in [7, 11) is 0. The van der Waals surface area contributed by atoms with Crippen molar-refractivity contribution in [3.05, 3.63) is 57.5 Å². The second kappa shape index (κ2) is 13.2. The van der Waals surface area contributed by atoms with Crippen LogP contribution in [0.3, 0.4) is 0 Å². The van der Waals surface area contributed by atoms with Gasteiger partial charge in [0, 0.05) is 38.8 Å². The zero-order valence-corrected chi connectivity index (χ0v) is 25.5. The SMILES string of the molecule is Cc1ccccc1Cn1c(N2CCC[C@@H](NC(=O)OC(C)(C)C)C2)nc2cc(C(=O)OCCN3CCOCC3)[nH]c(=O)c21. The number of morpholine rings is 1. The molecule has 1 atom stereocenters. The molecule has 2 aliphatic rings. The van der Waals surface area contributed by atoms with Gasteiger partial charge in [-0.2, -0.15) is 0 Å². The van der Waals surface area contributed by atoms with Gasteiger partial charge in [0.25, 0.3) is 5.56 Å². The molecule has 2 saturated heterocycles. The van der Waals surface area contributed by atoms with Gasteiger partial charge in [0.15, 0.2) is 0 Å². The van der Waals surface area contributed by atoms with Gasteiger partial charge in [-0.15, -0.1) is 0 Å². The molecule has 43 heavy (non-hydrogen) atoms. The number of esters is 1. The van der Waals surface area contributed by atoms with Gasteiger partial charge in [-0.25, -0.2) is 14.6 Å². The standard InChI is InChI=1S/C31H42N6O6/c1-21-8-5-6-9-22(21)19-37-26-24(18-25(33-27(26)38)28(39)42-17-14-35-12-15-41-16-13-35)34-29(37)36-11-7-10-23(20-36)32-30(40)43-31(2,3)4/h5-6,8-9,18,23H,7,10-17,19-20H2,1-4H3,(H,32,40)(H,33,38)/t23-/m1/s1. The number of aromatic nitrogens is 3. The molecule has 12 heteroatoms. The summed E-state index contributed by atoms with van der Waals surface area (Å²) in [5.74, 6) is 0.0131. The third-order valence-electron chi connectivity index (χ3n) is 7.70. The Morgan fingerprint density at radius 3 is 2.67 bits per heavy atom. The highest BCUT2D eigenvalue weighted by molar-refractivity contribution is 5.91. The molecule has 0 aliphatic carbocycles. The van der Waals surface area contributed by atoms with Crippen molar-refractivity contribution in [3.63, 3.8) is 0 Å². The summed E-state index contributed by atoms with van der Waals surface area (Å²) in [6, 6.07) is 9.45. The van der Waals surface area contributed by atoms with Crippen molar-refractivity contribution >= 4 is 29.0 Å². The number of amides is 1. The molecular formula is C31H42N6O6. The van der Waals surface area contributed by atoms with Crippen LogP contribution < -0.4 is 15.8 Å². The number of pyridine rings is 1. The molecule has 3 aromatic rings. The molecule has 0 spiro atoms. The Labute approximate surface area is 251 Å². The first-order valence-electron chi connectivity index (χ1n) is 15.0. The first-order valence-corrected chi connectivity index (χ1v) is 15.0. The third kappa shape index (κ3) is 7.74.